The van der Waals surface area contributed by atoms with Crippen molar-refractivity contribution in [2.45, 2.75) is 19.4 Å². The van der Waals surface area contributed by atoms with Crippen molar-refractivity contribution in [1.29, 1.82) is 0 Å². The van der Waals surface area contributed by atoms with Crippen LogP contribution in [0.1, 0.15) is 12.5 Å². The van der Waals surface area contributed by atoms with Gasteiger partial charge >= 0.3 is 0 Å². The van der Waals surface area contributed by atoms with Gasteiger partial charge in [-0.1, -0.05) is 0 Å². The van der Waals surface area contributed by atoms with Gasteiger partial charge in [0.05, 0.1) is 27.4 Å². The molecule has 100 valence electrons. The van der Waals surface area contributed by atoms with Crippen LogP contribution in [0.4, 0.5) is 0 Å². The highest BCUT2D eigenvalue weighted by atomic mass is 16.5. The van der Waals surface area contributed by atoms with Crippen molar-refractivity contribution in [3.05, 3.63) is 17.7 Å². The number of Topliss-reactive ketones (excluding diaryl/α,β-unsaturated/α-hetero) is 1. The van der Waals surface area contributed by atoms with E-state index in [0.717, 1.165) is 5.56 Å². The first kappa shape index (κ1) is 14.3. The largest absolute Gasteiger partial charge is 0.493 e. The van der Waals surface area contributed by atoms with Crippen LogP contribution >= 0.6 is 0 Å². The molecule has 0 saturated carbocycles. The van der Waals surface area contributed by atoms with Crippen LogP contribution in [0.15, 0.2) is 12.1 Å². The zero-order valence-electron chi connectivity index (χ0n) is 11.1. The van der Waals surface area contributed by atoms with Crippen molar-refractivity contribution in [1.82, 2.24) is 0 Å². The van der Waals surface area contributed by atoms with Crippen LogP contribution in [-0.4, -0.2) is 33.2 Å². The Labute approximate surface area is 107 Å². The Bertz CT molecular complexity index is 406. The lowest BCUT2D eigenvalue weighted by atomic mass is 10.0. The van der Waals surface area contributed by atoms with E-state index in [2.05, 4.69) is 0 Å². The molecule has 1 aromatic rings. The molecule has 1 atom stereocenters. The molecule has 0 amide bonds. The van der Waals surface area contributed by atoms with Crippen LogP contribution in [0.5, 0.6) is 17.2 Å². The molecule has 2 N–H and O–H groups in total. The highest BCUT2D eigenvalue weighted by Crippen LogP contribution is 2.38. The molecule has 0 aliphatic heterocycles. The van der Waals surface area contributed by atoms with E-state index in [4.69, 9.17) is 19.9 Å². The van der Waals surface area contributed by atoms with Gasteiger partial charge in [-0.25, -0.2) is 0 Å². The molecule has 1 aromatic carbocycles. The number of hydrogen-bond donors (Lipinski definition) is 1. The van der Waals surface area contributed by atoms with E-state index in [0.29, 0.717) is 23.7 Å². The van der Waals surface area contributed by atoms with Gasteiger partial charge in [-0.15, -0.1) is 0 Å². The maximum atomic E-state index is 11.2. The third-order valence-electron chi connectivity index (χ3n) is 2.70. The molecular formula is C13H19NO4. The summed E-state index contributed by atoms with van der Waals surface area (Å²) in [6.45, 7) is 1.47. The van der Waals surface area contributed by atoms with Crippen LogP contribution in [0.25, 0.3) is 0 Å². The van der Waals surface area contributed by atoms with Crippen LogP contribution in [0, 0.1) is 0 Å². The summed E-state index contributed by atoms with van der Waals surface area (Å²) in [6, 6.07) is 3.07. The van der Waals surface area contributed by atoms with Gasteiger partial charge in [0.25, 0.3) is 0 Å². The summed E-state index contributed by atoms with van der Waals surface area (Å²) in [4.78, 5) is 11.2. The standard InChI is InChI=1S/C13H19NO4/c1-8(15)10(14)5-9-6-11(16-2)13(18-4)12(7-9)17-3/h6-7,10H,5,14H2,1-4H3/t10-/m1/s1. The summed E-state index contributed by atoms with van der Waals surface area (Å²) >= 11 is 0. The van der Waals surface area contributed by atoms with Gasteiger partial charge < -0.3 is 19.9 Å². The van der Waals surface area contributed by atoms with Crippen LogP contribution < -0.4 is 19.9 Å². The van der Waals surface area contributed by atoms with E-state index in [1.165, 1.54) is 6.92 Å². The second-order valence-corrected chi connectivity index (χ2v) is 3.95. The van der Waals surface area contributed by atoms with Crippen molar-refractivity contribution >= 4 is 5.78 Å². The van der Waals surface area contributed by atoms with E-state index in [1.54, 1.807) is 33.5 Å². The number of rotatable bonds is 6. The van der Waals surface area contributed by atoms with E-state index in [9.17, 15) is 4.79 Å². The lowest BCUT2D eigenvalue weighted by molar-refractivity contribution is -0.118. The fraction of sp³-hybridized carbons (Fsp3) is 0.462. The normalized spacial score (nSPS) is 11.8. The Hall–Kier alpha value is -1.75. The highest BCUT2D eigenvalue weighted by Gasteiger charge is 2.16. The first-order valence-corrected chi connectivity index (χ1v) is 5.58. The summed E-state index contributed by atoms with van der Waals surface area (Å²) in [5.41, 5.74) is 6.61. The van der Waals surface area contributed by atoms with Gasteiger partial charge in [0.15, 0.2) is 11.5 Å². The molecule has 0 aromatic heterocycles. The Kier molecular flexibility index (Phi) is 4.97. The minimum atomic E-state index is -0.521. The Morgan fingerprint density at radius 1 is 1.17 bits per heavy atom. The summed E-state index contributed by atoms with van der Waals surface area (Å²) in [6.07, 6.45) is 0.437. The number of hydrogen-bond acceptors (Lipinski definition) is 5. The SMILES string of the molecule is COc1cc(C[C@@H](N)C(C)=O)cc(OC)c1OC. The van der Waals surface area contributed by atoms with Gasteiger partial charge in [0.1, 0.15) is 5.78 Å². The first-order valence-electron chi connectivity index (χ1n) is 5.58. The van der Waals surface area contributed by atoms with E-state index >= 15 is 0 Å². The van der Waals surface area contributed by atoms with Crippen LogP contribution in [0.2, 0.25) is 0 Å². The highest BCUT2D eigenvalue weighted by molar-refractivity contribution is 5.81. The van der Waals surface area contributed by atoms with Crippen LogP contribution in [0.3, 0.4) is 0 Å². The number of ether oxygens (including phenoxy) is 3. The molecule has 0 bridgehead atoms. The van der Waals surface area contributed by atoms with Crippen molar-refractivity contribution in [3.63, 3.8) is 0 Å². The fourth-order valence-electron chi connectivity index (χ4n) is 1.65. The number of carbonyl (C=O) groups is 1. The lowest BCUT2D eigenvalue weighted by Gasteiger charge is -2.15. The van der Waals surface area contributed by atoms with E-state index in [1.807, 2.05) is 0 Å². The number of carbonyl (C=O) groups excluding carboxylic acids is 1. The van der Waals surface area contributed by atoms with E-state index < -0.39 is 6.04 Å². The van der Waals surface area contributed by atoms with E-state index in [-0.39, 0.29) is 5.78 Å². The molecule has 0 unspecified atom stereocenters. The minimum absolute atomic E-state index is 0.0521. The number of ketones is 1. The average molecular weight is 253 g/mol. The molecule has 18 heavy (non-hydrogen) atoms. The maximum Gasteiger partial charge on any atom is 0.203 e. The summed E-state index contributed by atoms with van der Waals surface area (Å²) < 4.78 is 15.7. The van der Waals surface area contributed by atoms with Gasteiger partial charge in [0.2, 0.25) is 5.75 Å². The molecule has 0 heterocycles. The monoisotopic (exact) mass is 253 g/mol. The van der Waals surface area contributed by atoms with Gasteiger partial charge in [-0.2, -0.15) is 0 Å². The lowest BCUT2D eigenvalue weighted by Crippen LogP contribution is -2.30. The average Bonchev–Trinajstić information content (AvgIpc) is 2.37. The van der Waals surface area contributed by atoms with Gasteiger partial charge in [0, 0.05) is 0 Å². The zero-order chi connectivity index (χ0) is 13.7. The molecule has 0 saturated heterocycles. The van der Waals surface area contributed by atoms with Crippen molar-refractivity contribution in [2.24, 2.45) is 5.73 Å². The first-order chi connectivity index (χ1) is 8.53. The van der Waals surface area contributed by atoms with Crippen molar-refractivity contribution < 1.29 is 19.0 Å². The number of methoxy groups -OCH3 is 3. The third kappa shape index (κ3) is 3.13. The second-order valence-electron chi connectivity index (χ2n) is 3.95. The molecule has 0 aliphatic rings. The predicted octanol–water partition coefficient (Wildman–Crippen LogP) is 1.17. The third-order valence-corrected chi connectivity index (χ3v) is 2.70. The number of nitrogens with two attached hydrogens (primary N) is 1. The summed E-state index contributed by atoms with van der Waals surface area (Å²) in [7, 11) is 4.64. The van der Waals surface area contributed by atoms with Crippen molar-refractivity contribution in [2.75, 3.05) is 21.3 Å². The zero-order valence-corrected chi connectivity index (χ0v) is 11.1. The quantitative estimate of drug-likeness (QED) is 0.824. The number of benzene rings is 1. The topological polar surface area (TPSA) is 70.8 Å². The summed E-state index contributed by atoms with van der Waals surface area (Å²) in [5, 5.41) is 0. The molecule has 1 rings (SSSR count). The van der Waals surface area contributed by atoms with Crippen LogP contribution in [-0.2, 0) is 11.2 Å². The van der Waals surface area contributed by atoms with Crippen molar-refractivity contribution in [3.8, 4) is 17.2 Å². The maximum absolute atomic E-state index is 11.2. The molecule has 0 radical (unpaired) electrons. The smallest absolute Gasteiger partial charge is 0.203 e. The molecule has 5 nitrogen and oxygen atoms in total. The summed E-state index contributed by atoms with van der Waals surface area (Å²) in [5.74, 6) is 1.59. The molecular weight excluding hydrogens is 234 g/mol. The second kappa shape index (κ2) is 6.26. The molecule has 5 heteroatoms. The Morgan fingerprint density at radius 3 is 2.00 bits per heavy atom. The molecule has 0 fully saturated rings. The van der Waals surface area contributed by atoms with Gasteiger partial charge in [-0.3, -0.25) is 4.79 Å². The van der Waals surface area contributed by atoms with Gasteiger partial charge in [-0.05, 0) is 31.0 Å². The molecule has 0 aliphatic carbocycles. The predicted molar refractivity (Wildman–Crippen MR) is 68.5 cm³/mol. The fourth-order valence-corrected chi connectivity index (χ4v) is 1.65. The Balaban J connectivity index is 3.11. The minimum Gasteiger partial charge on any atom is -0.493 e. The Morgan fingerprint density at radius 2 is 1.67 bits per heavy atom. The molecule has 0 spiro atoms.